The molecule has 0 bridgehead atoms. The lowest BCUT2D eigenvalue weighted by Gasteiger charge is -2.26. The fourth-order valence-corrected chi connectivity index (χ4v) is 2.21. The quantitative estimate of drug-likeness (QED) is 0.869. The molecule has 0 aromatic heterocycles. The molecule has 0 heterocycles. The van der Waals surface area contributed by atoms with Gasteiger partial charge >= 0.3 is 0 Å². The van der Waals surface area contributed by atoms with Crippen LogP contribution in [0.5, 0.6) is 0 Å². The zero-order valence-electron chi connectivity index (χ0n) is 13.0. The Morgan fingerprint density at radius 1 is 1.35 bits per heavy atom. The Hall–Kier alpha value is -1.42. The lowest BCUT2D eigenvalue weighted by Crippen LogP contribution is -2.41. The lowest BCUT2D eigenvalue weighted by atomic mass is 10.0. The van der Waals surface area contributed by atoms with Crippen molar-refractivity contribution in [2.75, 3.05) is 20.6 Å². The summed E-state index contributed by atoms with van der Waals surface area (Å²) in [4.78, 5) is 14.3. The van der Waals surface area contributed by atoms with Crippen molar-refractivity contribution in [3.8, 4) is 0 Å². The van der Waals surface area contributed by atoms with E-state index in [4.69, 9.17) is 0 Å². The molecule has 1 aromatic rings. The van der Waals surface area contributed by atoms with Crippen molar-refractivity contribution in [1.29, 1.82) is 0 Å². The number of carbonyl (C=O) groups is 1. The first-order valence-corrected chi connectivity index (χ1v) is 7.02. The number of likely N-dealkylation sites (N-methyl/N-ethyl adjacent to an activating group) is 1. The third-order valence-corrected chi connectivity index (χ3v) is 3.41. The molecule has 0 aliphatic carbocycles. The third kappa shape index (κ3) is 4.93. The summed E-state index contributed by atoms with van der Waals surface area (Å²) in [6.45, 7) is 6.68. The van der Waals surface area contributed by atoms with Gasteiger partial charge in [0, 0.05) is 18.2 Å². The van der Waals surface area contributed by atoms with E-state index < -0.39 is 0 Å². The Bertz CT molecular complexity index is 458. The Labute approximate surface area is 121 Å². The van der Waals surface area contributed by atoms with Crippen molar-refractivity contribution >= 4 is 5.91 Å². The van der Waals surface area contributed by atoms with E-state index in [1.54, 1.807) is 6.92 Å². The van der Waals surface area contributed by atoms with Gasteiger partial charge in [-0.3, -0.25) is 4.79 Å². The highest BCUT2D eigenvalue weighted by atomic mass is 19.1. The normalized spacial score (nSPS) is 12.8. The molecule has 4 heteroatoms. The van der Waals surface area contributed by atoms with E-state index in [9.17, 15) is 9.18 Å². The first-order chi connectivity index (χ1) is 9.31. The van der Waals surface area contributed by atoms with Crippen molar-refractivity contribution in [3.05, 3.63) is 35.1 Å². The monoisotopic (exact) mass is 280 g/mol. The molecule has 1 N–H and O–H groups in total. The third-order valence-electron chi connectivity index (χ3n) is 3.41. The molecule has 0 aliphatic rings. The van der Waals surface area contributed by atoms with Crippen LogP contribution in [0, 0.1) is 18.7 Å². The molecule has 0 spiro atoms. The second-order valence-electron chi connectivity index (χ2n) is 5.92. The fourth-order valence-electron chi connectivity index (χ4n) is 2.21. The number of nitrogens with zero attached hydrogens (tertiary/aromatic N) is 1. The van der Waals surface area contributed by atoms with Crippen LogP contribution in [0.3, 0.4) is 0 Å². The molecule has 0 saturated heterocycles. The molecule has 0 fully saturated rings. The van der Waals surface area contributed by atoms with Crippen LogP contribution in [-0.2, 0) is 0 Å². The van der Waals surface area contributed by atoms with Crippen molar-refractivity contribution in [1.82, 2.24) is 10.2 Å². The van der Waals surface area contributed by atoms with Gasteiger partial charge in [-0.25, -0.2) is 4.39 Å². The van der Waals surface area contributed by atoms with E-state index in [1.807, 2.05) is 14.1 Å². The summed E-state index contributed by atoms with van der Waals surface area (Å²) in [7, 11) is 4.03. The van der Waals surface area contributed by atoms with Crippen LogP contribution >= 0.6 is 0 Å². The topological polar surface area (TPSA) is 32.3 Å². The van der Waals surface area contributed by atoms with E-state index in [1.165, 1.54) is 18.2 Å². The number of halogens is 1. The highest BCUT2D eigenvalue weighted by Gasteiger charge is 2.16. The molecule has 1 amide bonds. The number of benzene rings is 1. The number of rotatable bonds is 6. The molecule has 0 radical (unpaired) electrons. The van der Waals surface area contributed by atoms with Crippen LogP contribution in [0.2, 0.25) is 0 Å². The Balaban J connectivity index is 2.65. The van der Waals surface area contributed by atoms with Gasteiger partial charge in [0.15, 0.2) is 0 Å². The van der Waals surface area contributed by atoms with Gasteiger partial charge in [0.2, 0.25) is 0 Å². The van der Waals surface area contributed by atoms with E-state index in [2.05, 4.69) is 24.1 Å². The summed E-state index contributed by atoms with van der Waals surface area (Å²) in [5, 5.41) is 2.94. The minimum Gasteiger partial charge on any atom is -0.350 e. The van der Waals surface area contributed by atoms with Crippen molar-refractivity contribution < 1.29 is 9.18 Å². The zero-order chi connectivity index (χ0) is 15.3. The predicted octanol–water partition coefficient (Wildman–Crippen LogP) is 2.84. The van der Waals surface area contributed by atoms with Crippen LogP contribution in [0.1, 0.15) is 36.2 Å². The summed E-state index contributed by atoms with van der Waals surface area (Å²) < 4.78 is 13.0. The zero-order valence-corrected chi connectivity index (χ0v) is 13.0. The van der Waals surface area contributed by atoms with Gasteiger partial charge in [-0.2, -0.15) is 0 Å². The van der Waals surface area contributed by atoms with Gasteiger partial charge in [0.1, 0.15) is 5.82 Å². The number of hydrogen-bond donors (Lipinski definition) is 1. The average molecular weight is 280 g/mol. The van der Waals surface area contributed by atoms with Crippen molar-refractivity contribution in [2.45, 2.75) is 33.2 Å². The molecule has 3 nitrogen and oxygen atoms in total. The van der Waals surface area contributed by atoms with Gasteiger partial charge in [0.05, 0.1) is 0 Å². The second kappa shape index (κ2) is 7.39. The summed E-state index contributed by atoms with van der Waals surface area (Å²) >= 11 is 0. The first-order valence-electron chi connectivity index (χ1n) is 7.02. The molecule has 112 valence electrons. The second-order valence-corrected chi connectivity index (χ2v) is 5.92. The predicted molar refractivity (Wildman–Crippen MR) is 80.4 cm³/mol. The molecule has 20 heavy (non-hydrogen) atoms. The Morgan fingerprint density at radius 3 is 2.50 bits per heavy atom. The van der Waals surface area contributed by atoms with Crippen LogP contribution in [-0.4, -0.2) is 37.5 Å². The summed E-state index contributed by atoms with van der Waals surface area (Å²) in [6, 6.07) is 4.54. The number of carbonyl (C=O) groups excluding carboxylic acids is 1. The summed E-state index contributed by atoms with van der Waals surface area (Å²) in [5.74, 6) is 0.120. The summed E-state index contributed by atoms with van der Waals surface area (Å²) in [5.41, 5.74) is 1.20. The number of aryl methyl sites for hydroxylation is 1. The minimum atomic E-state index is -0.315. The molecule has 1 unspecified atom stereocenters. The van der Waals surface area contributed by atoms with E-state index >= 15 is 0 Å². The number of nitrogens with one attached hydrogen (secondary N) is 1. The smallest absolute Gasteiger partial charge is 0.251 e. The average Bonchev–Trinajstić information content (AvgIpc) is 2.33. The first kappa shape index (κ1) is 16.6. The number of amides is 1. The highest BCUT2D eigenvalue weighted by molar-refractivity contribution is 5.95. The van der Waals surface area contributed by atoms with Gasteiger partial charge in [0.25, 0.3) is 5.91 Å². The van der Waals surface area contributed by atoms with E-state index in [-0.39, 0.29) is 11.7 Å². The van der Waals surface area contributed by atoms with Gasteiger partial charge in [-0.1, -0.05) is 13.8 Å². The van der Waals surface area contributed by atoms with E-state index in [0.29, 0.717) is 29.6 Å². The lowest BCUT2D eigenvalue weighted by molar-refractivity contribution is 0.0938. The largest absolute Gasteiger partial charge is 0.350 e. The Morgan fingerprint density at radius 2 is 2.00 bits per heavy atom. The van der Waals surface area contributed by atoms with Gasteiger partial charge in [-0.15, -0.1) is 0 Å². The van der Waals surface area contributed by atoms with Gasteiger partial charge in [-0.05, 0) is 57.1 Å². The van der Waals surface area contributed by atoms with Crippen molar-refractivity contribution in [3.63, 3.8) is 0 Å². The molecule has 1 rings (SSSR count). The van der Waals surface area contributed by atoms with Crippen LogP contribution in [0.25, 0.3) is 0 Å². The minimum absolute atomic E-state index is 0.141. The maximum absolute atomic E-state index is 13.0. The molecule has 1 aromatic carbocycles. The molecule has 1 atom stereocenters. The molecule has 0 aliphatic heterocycles. The molecule has 0 saturated carbocycles. The van der Waals surface area contributed by atoms with Gasteiger partial charge < -0.3 is 10.2 Å². The molecular weight excluding hydrogens is 255 g/mol. The number of hydrogen-bond acceptors (Lipinski definition) is 2. The summed E-state index contributed by atoms with van der Waals surface area (Å²) in [6.07, 6.45) is 1.02. The maximum Gasteiger partial charge on any atom is 0.251 e. The highest BCUT2D eigenvalue weighted by Crippen LogP contribution is 2.11. The SMILES string of the molecule is Cc1cc(F)ccc1C(=O)NCC(CC(C)C)N(C)C. The standard InChI is InChI=1S/C16H25FN2O/c1-11(2)8-14(19(4)5)10-18-16(20)15-7-6-13(17)9-12(15)3/h6-7,9,11,14H,8,10H2,1-5H3,(H,18,20). The molecular formula is C16H25FN2O. The Kier molecular flexibility index (Phi) is 6.14. The van der Waals surface area contributed by atoms with E-state index in [0.717, 1.165) is 6.42 Å². The van der Waals surface area contributed by atoms with Crippen LogP contribution in [0.4, 0.5) is 4.39 Å². The van der Waals surface area contributed by atoms with Crippen LogP contribution in [0.15, 0.2) is 18.2 Å². The van der Waals surface area contributed by atoms with Crippen LogP contribution < -0.4 is 5.32 Å². The maximum atomic E-state index is 13.0. The van der Waals surface area contributed by atoms with Crippen molar-refractivity contribution in [2.24, 2.45) is 5.92 Å². The fraction of sp³-hybridized carbons (Fsp3) is 0.562.